The summed E-state index contributed by atoms with van der Waals surface area (Å²) in [5.41, 5.74) is 13.6. The number of fused-ring (bicyclic) bond motifs is 14. The normalized spacial score (nSPS) is 12.3. The van der Waals surface area contributed by atoms with Gasteiger partial charge in [0.2, 0.25) is 0 Å². The van der Waals surface area contributed by atoms with Crippen LogP contribution in [0.4, 0.5) is 0 Å². The third-order valence-corrected chi connectivity index (χ3v) is 14.0. The van der Waals surface area contributed by atoms with Gasteiger partial charge < -0.3 is 8.97 Å². The maximum absolute atomic E-state index is 5.36. The largest absolute Gasteiger partial charge is 0.309 e. The van der Waals surface area contributed by atoms with Crippen LogP contribution in [0.15, 0.2) is 194 Å². The second-order valence-electron chi connectivity index (χ2n) is 16.1. The number of para-hydroxylation sites is 2. The van der Waals surface area contributed by atoms with Crippen molar-refractivity contribution in [2.75, 3.05) is 0 Å². The van der Waals surface area contributed by atoms with Crippen LogP contribution in [-0.4, -0.2) is 18.9 Å². The quantitative estimate of drug-likeness (QED) is 0.178. The first kappa shape index (κ1) is 33.0. The van der Waals surface area contributed by atoms with Crippen LogP contribution >= 0.6 is 11.3 Å². The van der Waals surface area contributed by atoms with Crippen molar-refractivity contribution < 1.29 is 0 Å². The molecule has 5 heteroatoms. The molecule has 0 saturated heterocycles. The fourth-order valence-electron chi connectivity index (χ4n) is 10.1. The highest BCUT2D eigenvalue weighted by Crippen LogP contribution is 2.47. The van der Waals surface area contributed by atoms with E-state index in [1.807, 2.05) is 0 Å². The number of hydrogen-bond acceptors (Lipinski definition) is 3. The van der Waals surface area contributed by atoms with E-state index in [0.717, 1.165) is 43.9 Å². The fraction of sp³-hybridized carbons (Fsp3) is 0. The van der Waals surface area contributed by atoms with Crippen LogP contribution in [0.1, 0.15) is 0 Å². The van der Waals surface area contributed by atoms with Gasteiger partial charge in [0.05, 0.1) is 43.5 Å². The number of benzene rings is 9. The van der Waals surface area contributed by atoms with Gasteiger partial charge in [-0.05, 0) is 82.6 Å². The third kappa shape index (κ3) is 4.64. The number of aromatic nitrogens is 4. The second kappa shape index (κ2) is 12.3. The maximum Gasteiger partial charge on any atom is 0.160 e. The molecule has 14 rings (SSSR count). The van der Waals surface area contributed by atoms with Gasteiger partial charge in [-0.1, -0.05) is 133 Å². The molecule has 0 fully saturated rings. The Balaban J connectivity index is 1.00. The summed E-state index contributed by atoms with van der Waals surface area (Å²) in [6.07, 6.45) is 0. The highest BCUT2D eigenvalue weighted by molar-refractivity contribution is 7.26. The van der Waals surface area contributed by atoms with Crippen LogP contribution in [0.5, 0.6) is 0 Å². The van der Waals surface area contributed by atoms with Crippen molar-refractivity contribution in [3.63, 3.8) is 0 Å². The lowest BCUT2D eigenvalue weighted by Crippen LogP contribution is -1.96. The van der Waals surface area contributed by atoms with E-state index < -0.39 is 0 Å². The maximum atomic E-state index is 5.36. The molecule has 0 aliphatic carbocycles. The van der Waals surface area contributed by atoms with Crippen molar-refractivity contribution in [1.29, 1.82) is 0 Å². The minimum Gasteiger partial charge on any atom is -0.309 e. The molecular formula is C56H32N4S. The summed E-state index contributed by atoms with van der Waals surface area (Å²) in [6.45, 7) is 0. The molecule has 0 aliphatic rings. The molecule has 14 aromatic rings. The van der Waals surface area contributed by atoms with Gasteiger partial charge in [-0.25, -0.2) is 9.97 Å². The lowest BCUT2D eigenvalue weighted by Gasteiger charge is -2.11. The Bertz CT molecular complexity index is 4080. The molecule has 5 heterocycles. The molecule has 0 aliphatic heterocycles. The van der Waals surface area contributed by atoms with Gasteiger partial charge in [0.25, 0.3) is 0 Å². The zero-order chi connectivity index (χ0) is 39.8. The van der Waals surface area contributed by atoms with Crippen LogP contribution in [0.2, 0.25) is 0 Å². The Labute approximate surface area is 353 Å². The summed E-state index contributed by atoms with van der Waals surface area (Å²) < 4.78 is 7.27. The third-order valence-electron chi connectivity index (χ3n) is 12.8. The molecule has 282 valence electrons. The van der Waals surface area contributed by atoms with E-state index in [2.05, 4.69) is 203 Å². The average molecular weight is 793 g/mol. The summed E-state index contributed by atoms with van der Waals surface area (Å²) in [5, 5.41) is 11.3. The molecule has 0 bridgehead atoms. The van der Waals surface area contributed by atoms with E-state index in [1.54, 1.807) is 11.3 Å². The first-order valence-corrected chi connectivity index (χ1v) is 21.6. The van der Waals surface area contributed by atoms with E-state index in [1.165, 1.54) is 86.5 Å². The zero-order valence-corrected chi connectivity index (χ0v) is 33.5. The molecule has 0 unspecified atom stereocenters. The summed E-state index contributed by atoms with van der Waals surface area (Å²) in [5.74, 6) is 0.720. The second-order valence-corrected chi connectivity index (χ2v) is 17.2. The van der Waals surface area contributed by atoms with Gasteiger partial charge in [-0.2, -0.15) is 0 Å². The average Bonchev–Trinajstić information content (AvgIpc) is 4.06. The Kier molecular flexibility index (Phi) is 6.68. The topological polar surface area (TPSA) is 35.1 Å². The monoisotopic (exact) mass is 792 g/mol. The summed E-state index contributed by atoms with van der Waals surface area (Å²) in [6, 6.07) is 70.5. The van der Waals surface area contributed by atoms with Crippen LogP contribution < -0.4 is 0 Å². The Morgan fingerprint density at radius 2 is 1.02 bits per heavy atom. The van der Waals surface area contributed by atoms with E-state index in [-0.39, 0.29) is 0 Å². The Hall–Kier alpha value is -7.86. The van der Waals surface area contributed by atoms with E-state index in [4.69, 9.17) is 9.97 Å². The molecule has 0 spiro atoms. The van der Waals surface area contributed by atoms with Crippen LogP contribution in [0.3, 0.4) is 0 Å². The van der Waals surface area contributed by atoms with Gasteiger partial charge in [0.1, 0.15) is 0 Å². The Morgan fingerprint density at radius 3 is 1.82 bits per heavy atom. The van der Waals surface area contributed by atoms with Crippen molar-refractivity contribution in [2.24, 2.45) is 0 Å². The highest BCUT2D eigenvalue weighted by atomic mass is 32.1. The van der Waals surface area contributed by atoms with E-state index in [0.29, 0.717) is 0 Å². The minimum absolute atomic E-state index is 0.720. The lowest BCUT2D eigenvalue weighted by molar-refractivity contribution is 1.18. The van der Waals surface area contributed by atoms with Gasteiger partial charge in [-0.15, -0.1) is 11.3 Å². The van der Waals surface area contributed by atoms with Crippen LogP contribution in [-0.2, 0) is 0 Å². The molecule has 5 aromatic heterocycles. The zero-order valence-electron chi connectivity index (χ0n) is 32.7. The predicted octanol–water partition coefficient (Wildman–Crippen LogP) is 15.2. The SMILES string of the molecule is c1ccc(-c2ccc(-c3nc(-c4ccc(-n5c6cc7ccccc7cc6c6c7c8ccccc8n8c9ccccc9c(cc65)c78)cc4)nc4c3sc3ccccc34)cc2)cc1. The van der Waals surface area contributed by atoms with E-state index >= 15 is 0 Å². The van der Waals surface area contributed by atoms with Gasteiger partial charge in [0, 0.05) is 59.2 Å². The Morgan fingerprint density at radius 1 is 0.393 bits per heavy atom. The van der Waals surface area contributed by atoms with Gasteiger partial charge >= 0.3 is 0 Å². The fourth-order valence-corrected chi connectivity index (χ4v) is 11.3. The summed E-state index contributed by atoms with van der Waals surface area (Å²) in [7, 11) is 0. The molecule has 0 amide bonds. The standard InChI is InChI=1S/C56H32N4S/c1-2-12-33(13-3-1)34-22-24-35(25-23-34)52-55-53(42-18-8-11-21-49(42)61-55)58-56(57-52)36-26-28-39(29-27-36)59-47-31-38-15-5-4-14-37(38)30-44(47)50-48(59)32-43-40-16-6-9-19-45(40)60-46-20-10-7-17-41(46)51(50)54(43)60/h1-32H. The molecular weight excluding hydrogens is 761 g/mol. The smallest absolute Gasteiger partial charge is 0.160 e. The highest BCUT2D eigenvalue weighted by Gasteiger charge is 2.25. The number of thiophene rings is 1. The van der Waals surface area contributed by atoms with Crippen LogP contribution in [0.25, 0.3) is 130 Å². The van der Waals surface area contributed by atoms with Crippen molar-refractivity contribution in [2.45, 2.75) is 0 Å². The molecule has 9 aromatic carbocycles. The van der Waals surface area contributed by atoms with Gasteiger partial charge in [0.15, 0.2) is 5.82 Å². The first-order valence-electron chi connectivity index (χ1n) is 20.7. The van der Waals surface area contributed by atoms with Gasteiger partial charge in [-0.3, -0.25) is 0 Å². The minimum atomic E-state index is 0.720. The summed E-state index contributed by atoms with van der Waals surface area (Å²) in [4.78, 5) is 10.7. The van der Waals surface area contributed by atoms with Crippen molar-refractivity contribution >= 4 is 102 Å². The van der Waals surface area contributed by atoms with Crippen molar-refractivity contribution in [3.05, 3.63) is 194 Å². The molecule has 4 nitrogen and oxygen atoms in total. The lowest BCUT2D eigenvalue weighted by atomic mass is 10.0. The molecule has 0 radical (unpaired) electrons. The number of nitrogens with zero attached hydrogens (tertiary/aromatic N) is 4. The number of rotatable bonds is 4. The van der Waals surface area contributed by atoms with Crippen LogP contribution in [0, 0.1) is 0 Å². The van der Waals surface area contributed by atoms with Crippen molar-refractivity contribution in [1.82, 2.24) is 18.9 Å². The first-order chi connectivity index (χ1) is 30.2. The van der Waals surface area contributed by atoms with E-state index in [9.17, 15) is 0 Å². The molecule has 61 heavy (non-hydrogen) atoms. The molecule has 0 saturated carbocycles. The predicted molar refractivity (Wildman–Crippen MR) is 258 cm³/mol. The number of hydrogen-bond donors (Lipinski definition) is 0. The summed E-state index contributed by atoms with van der Waals surface area (Å²) >= 11 is 1.77. The molecule has 0 N–H and O–H groups in total. The molecule has 0 atom stereocenters. The van der Waals surface area contributed by atoms with Crippen molar-refractivity contribution in [3.8, 4) is 39.5 Å².